The van der Waals surface area contributed by atoms with Crippen molar-refractivity contribution in [1.82, 2.24) is 29.7 Å². The number of hydrogen-bond donors (Lipinski definition) is 2. The summed E-state index contributed by atoms with van der Waals surface area (Å²) in [5, 5.41) is 15.4. The molecule has 2 unspecified atom stereocenters. The topological polar surface area (TPSA) is 147 Å². The number of pyridine rings is 1. The molecule has 12 heteroatoms. The Bertz CT molecular complexity index is 2560. The lowest BCUT2D eigenvalue weighted by Gasteiger charge is -2.31. The fraction of sp³-hybridized carbons (Fsp3) is 0.375. The number of carbonyl (C=O) groups is 4. The second-order valence-corrected chi connectivity index (χ2v) is 16.2. The van der Waals surface area contributed by atoms with Crippen LogP contribution in [0.15, 0.2) is 72.9 Å². The zero-order valence-corrected chi connectivity index (χ0v) is 33.8. The van der Waals surface area contributed by atoms with E-state index in [1.54, 1.807) is 11.8 Å². The molecule has 5 aromatic rings. The first-order chi connectivity index (χ1) is 29.2. The van der Waals surface area contributed by atoms with Crippen LogP contribution in [0.4, 0.5) is 0 Å². The van der Waals surface area contributed by atoms with Gasteiger partial charge in [0.05, 0.1) is 29.7 Å². The molecule has 9 rings (SSSR count). The minimum atomic E-state index is -0.930. The van der Waals surface area contributed by atoms with E-state index in [0.717, 1.165) is 101 Å². The predicted molar refractivity (Wildman–Crippen MR) is 225 cm³/mol. The molecule has 2 N–H and O–H groups in total. The molecule has 0 spiro atoms. The van der Waals surface area contributed by atoms with Gasteiger partial charge in [-0.25, -0.2) is 4.98 Å². The van der Waals surface area contributed by atoms with Crippen LogP contribution < -0.4 is 5.32 Å². The monoisotopic (exact) mass is 804 g/mol. The van der Waals surface area contributed by atoms with Crippen LogP contribution in [0.5, 0.6) is 0 Å². The quantitative estimate of drug-likeness (QED) is 0.0745. The maximum atomic E-state index is 13.2. The van der Waals surface area contributed by atoms with Gasteiger partial charge in [0.25, 0.3) is 0 Å². The third kappa shape index (κ3) is 7.76. The van der Waals surface area contributed by atoms with E-state index in [1.807, 2.05) is 53.6 Å². The second kappa shape index (κ2) is 16.9. The SMILES string of the molecule is CC(=O)N1CCn2c(C3CCOCC3)nc(-c3cccc4cc(-c5ccc(C(=O)CCCCC#Cc6cccc7c6CN(C6CCC(=O)NC6=O)C7O)cc5)ncc34)c2C1. The molecule has 2 aromatic heterocycles. The molecule has 4 aliphatic heterocycles. The average molecular weight is 805 g/mol. The number of aliphatic hydroxyl groups excluding tert-OH is 1. The highest BCUT2D eigenvalue weighted by Crippen LogP contribution is 2.39. The van der Waals surface area contributed by atoms with Crippen LogP contribution in [0.3, 0.4) is 0 Å². The minimum Gasteiger partial charge on any atom is -0.381 e. The summed E-state index contributed by atoms with van der Waals surface area (Å²) >= 11 is 0. The number of amides is 3. The molecule has 6 heterocycles. The van der Waals surface area contributed by atoms with Gasteiger partial charge in [-0.1, -0.05) is 66.4 Å². The van der Waals surface area contributed by atoms with Crippen LogP contribution >= 0.6 is 0 Å². The molecule has 4 aliphatic rings. The number of imidazole rings is 1. The number of nitrogens with one attached hydrogen (secondary N) is 1. The van der Waals surface area contributed by atoms with E-state index in [0.29, 0.717) is 56.8 Å². The number of rotatable bonds is 9. The lowest BCUT2D eigenvalue weighted by Crippen LogP contribution is -2.51. The highest BCUT2D eigenvalue weighted by Gasteiger charge is 2.40. The first-order valence-corrected chi connectivity index (χ1v) is 21.1. The third-order valence-corrected chi connectivity index (χ3v) is 12.5. The van der Waals surface area contributed by atoms with Gasteiger partial charge in [-0.3, -0.25) is 34.4 Å². The number of aromatic nitrogens is 3. The number of ketones is 1. The molecule has 0 radical (unpaired) electrons. The van der Waals surface area contributed by atoms with Crippen LogP contribution in [0.1, 0.15) is 109 Å². The molecule has 2 atom stereocenters. The van der Waals surface area contributed by atoms with Crippen molar-refractivity contribution >= 4 is 34.3 Å². The number of aliphatic hydroxyl groups is 1. The number of ether oxygens (including phenoxy) is 1. The van der Waals surface area contributed by atoms with Gasteiger partial charge < -0.3 is 19.3 Å². The molecular weight excluding hydrogens is 757 g/mol. The summed E-state index contributed by atoms with van der Waals surface area (Å²) in [6.45, 7) is 5.42. The Balaban J connectivity index is 0.831. The van der Waals surface area contributed by atoms with Crippen LogP contribution in [0.25, 0.3) is 33.3 Å². The van der Waals surface area contributed by atoms with Crippen molar-refractivity contribution in [3.63, 3.8) is 0 Å². The van der Waals surface area contributed by atoms with Crippen molar-refractivity contribution in [3.05, 3.63) is 107 Å². The Morgan fingerprint density at radius 1 is 0.967 bits per heavy atom. The first kappa shape index (κ1) is 39.5. The summed E-state index contributed by atoms with van der Waals surface area (Å²) in [7, 11) is 0. The van der Waals surface area contributed by atoms with E-state index in [4.69, 9.17) is 14.7 Å². The predicted octanol–water partition coefficient (Wildman–Crippen LogP) is 6.43. The van der Waals surface area contributed by atoms with Crippen molar-refractivity contribution in [1.29, 1.82) is 0 Å². The molecular formula is C48H48N6O6. The minimum absolute atomic E-state index is 0.0677. The van der Waals surface area contributed by atoms with Crippen molar-refractivity contribution in [2.24, 2.45) is 0 Å². The largest absolute Gasteiger partial charge is 0.381 e. The number of carbonyl (C=O) groups excluding carboxylic acids is 4. The van der Waals surface area contributed by atoms with Gasteiger partial charge in [-0.05, 0) is 55.2 Å². The van der Waals surface area contributed by atoms with E-state index in [2.05, 4.69) is 46.0 Å². The van der Waals surface area contributed by atoms with Gasteiger partial charge in [0.2, 0.25) is 17.7 Å². The average Bonchev–Trinajstić information content (AvgIpc) is 3.82. The molecule has 2 saturated heterocycles. The van der Waals surface area contributed by atoms with Crippen molar-refractivity contribution in [2.75, 3.05) is 19.8 Å². The smallest absolute Gasteiger partial charge is 0.244 e. The molecule has 3 amide bonds. The number of piperidine rings is 1. The van der Waals surface area contributed by atoms with Crippen LogP contribution in [-0.2, 0) is 38.8 Å². The number of unbranched alkanes of at least 4 members (excludes halogenated alkanes) is 2. The highest BCUT2D eigenvalue weighted by molar-refractivity contribution is 6.00. The summed E-state index contributed by atoms with van der Waals surface area (Å²) in [5.74, 6) is 7.40. The normalized spacial score (nSPS) is 19.4. The zero-order chi connectivity index (χ0) is 41.3. The second-order valence-electron chi connectivity index (χ2n) is 16.2. The summed E-state index contributed by atoms with van der Waals surface area (Å²) < 4.78 is 8.00. The lowest BCUT2D eigenvalue weighted by atomic mass is 9.99. The number of nitrogens with zero attached hydrogens (tertiary/aromatic N) is 5. The van der Waals surface area contributed by atoms with Crippen molar-refractivity contribution < 1.29 is 29.0 Å². The van der Waals surface area contributed by atoms with E-state index in [-0.39, 0.29) is 29.9 Å². The van der Waals surface area contributed by atoms with E-state index >= 15 is 0 Å². The van der Waals surface area contributed by atoms with Crippen molar-refractivity contribution in [2.45, 2.75) is 96.1 Å². The number of hydrogen-bond acceptors (Lipinski definition) is 9. The number of Topliss-reactive ketones (excluding diaryl/α,β-unsaturated/α-hetero) is 1. The van der Waals surface area contributed by atoms with Crippen LogP contribution in [0, 0.1) is 11.8 Å². The molecule has 0 aliphatic carbocycles. The Kier molecular flexibility index (Phi) is 11.1. The Hall–Kier alpha value is -6.00. The molecule has 306 valence electrons. The first-order valence-electron chi connectivity index (χ1n) is 21.1. The van der Waals surface area contributed by atoms with Gasteiger partial charge in [0.1, 0.15) is 12.1 Å². The Morgan fingerprint density at radius 3 is 2.58 bits per heavy atom. The molecule has 0 saturated carbocycles. The molecule has 60 heavy (non-hydrogen) atoms. The Morgan fingerprint density at radius 2 is 1.78 bits per heavy atom. The summed E-state index contributed by atoms with van der Waals surface area (Å²) in [6.07, 6.45) is 6.02. The fourth-order valence-electron chi connectivity index (χ4n) is 9.18. The fourth-order valence-corrected chi connectivity index (χ4v) is 9.18. The van der Waals surface area contributed by atoms with Gasteiger partial charge in [0.15, 0.2) is 5.78 Å². The summed E-state index contributed by atoms with van der Waals surface area (Å²) in [6, 6.07) is 21.0. The van der Waals surface area contributed by atoms with E-state index in [9.17, 15) is 24.3 Å². The van der Waals surface area contributed by atoms with Crippen molar-refractivity contribution in [3.8, 4) is 34.4 Å². The zero-order valence-electron chi connectivity index (χ0n) is 33.8. The standard InChI is InChI=1S/C48H48N6O6/c1-30(55)52-22-23-53-42(29-52)45(51-46(53)34-20-24-60-25-21-34)36-11-7-10-35-26-40(49-27-38(35)36)32-14-16-33(17-15-32)43(56)13-5-3-2-4-8-31-9-6-12-37-39(31)28-54(48(37)59)41-18-19-44(57)50-47(41)58/h6-7,9-12,14-17,26-27,34,41,48,59H,2-3,5,13,18-25,28-29H2,1H3,(H,50,57,58). The molecule has 0 bridgehead atoms. The maximum absolute atomic E-state index is 13.2. The van der Waals surface area contributed by atoms with Crippen LogP contribution in [-0.4, -0.2) is 78.7 Å². The maximum Gasteiger partial charge on any atom is 0.244 e. The van der Waals surface area contributed by atoms with Gasteiger partial charge >= 0.3 is 0 Å². The Labute approximate surface area is 349 Å². The van der Waals surface area contributed by atoms with Gasteiger partial charge in [-0.15, -0.1) is 0 Å². The van der Waals surface area contributed by atoms with E-state index in [1.165, 1.54) is 0 Å². The van der Waals surface area contributed by atoms with Gasteiger partial charge in [0, 0.05) is 104 Å². The van der Waals surface area contributed by atoms with Gasteiger partial charge in [-0.2, -0.15) is 0 Å². The molecule has 2 fully saturated rings. The number of benzene rings is 3. The number of fused-ring (bicyclic) bond motifs is 3. The third-order valence-electron chi connectivity index (χ3n) is 12.5. The lowest BCUT2D eigenvalue weighted by molar-refractivity contribution is -0.141. The summed E-state index contributed by atoms with van der Waals surface area (Å²) in [4.78, 5) is 63.5. The van der Waals surface area contributed by atoms with E-state index < -0.39 is 12.3 Å². The molecule has 12 nitrogen and oxygen atoms in total. The number of imide groups is 1. The van der Waals surface area contributed by atoms with Crippen LogP contribution in [0.2, 0.25) is 0 Å². The summed E-state index contributed by atoms with van der Waals surface area (Å²) in [5.41, 5.74) is 7.85. The highest BCUT2D eigenvalue weighted by atomic mass is 16.5. The molecule has 3 aromatic carbocycles.